The van der Waals surface area contributed by atoms with E-state index in [1.54, 1.807) is 0 Å². The van der Waals surface area contributed by atoms with Gasteiger partial charge in [0.2, 0.25) is 5.91 Å². The summed E-state index contributed by atoms with van der Waals surface area (Å²) in [5, 5.41) is -0.366. The Morgan fingerprint density at radius 1 is 1.09 bits per heavy atom. The lowest BCUT2D eigenvalue weighted by molar-refractivity contribution is -0.117. The Bertz CT molecular complexity index is 659. The molecule has 2 rings (SSSR count). The summed E-state index contributed by atoms with van der Waals surface area (Å²) in [5.74, 6) is -0.309. The number of hydrogen-bond donors (Lipinski definition) is 1. The van der Waals surface area contributed by atoms with E-state index in [0.717, 1.165) is 10.5 Å². The quantitative estimate of drug-likeness (QED) is 0.838. The highest BCUT2D eigenvalue weighted by Gasteiger charge is 2.21. The molecule has 2 aromatic carbocycles. The molecule has 0 aromatic heterocycles. The number of thioether (sulfide) groups is 1. The monoisotopic (exact) mass is 313 g/mol. The molecule has 0 aliphatic rings. The van der Waals surface area contributed by atoms with Gasteiger partial charge in [-0.2, -0.15) is 0 Å². The summed E-state index contributed by atoms with van der Waals surface area (Å²) in [5.41, 5.74) is 9.08. The van der Waals surface area contributed by atoms with E-state index >= 15 is 0 Å². The van der Waals surface area contributed by atoms with Crippen molar-refractivity contribution < 1.29 is 4.79 Å². The Morgan fingerprint density at radius 2 is 1.73 bits per heavy atom. The van der Waals surface area contributed by atoms with Crippen LogP contribution in [0.25, 0.3) is 0 Å². The molecule has 0 aliphatic heterocycles. The topological polar surface area (TPSA) is 43.1 Å². The van der Waals surface area contributed by atoms with Gasteiger partial charge in [0.15, 0.2) is 0 Å². The van der Waals surface area contributed by atoms with Crippen LogP contribution in [0.1, 0.15) is 42.7 Å². The molecular formula is C19H23NOS. The number of rotatable bonds is 4. The lowest BCUT2D eigenvalue weighted by Crippen LogP contribution is -2.19. The molecule has 116 valence electrons. The first kappa shape index (κ1) is 16.6. The molecule has 0 unspecified atom stereocenters. The third-order valence-electron chi connectivity index (χ3n) is 3.66. The van der Waals surface area contributed by atoms with Crippen molar-refractivity contribution in [3.8, 4) is 0 Å². The summed E-state index contributed by atoms with van der Waals surface area (Å²) in [6.45, 7) is 8.64. The van der Waals surface area contributed by atoms with Crippen molar-refractivity contribution in [2.75, 3.05) is 0 Å². The van der Waals surface area contributed by atoms with Gasteiger partial charge >= 0.3 is 0 Å². The zero-order chi connectivity index (χ0) is 16.3. The number of amides is 1. The summed E-state index contributed by atoms with van der Waals surface area (Å²) < 4.78 is 0. The highest BCUT2D eigenvalue weighted by Crippen LogP contribution is 2.38. The fraction of sp³-hybridized carbons (Fsp3) is 0.316. The maximum atomic E-state index is 11.9. The van der Waals surface area contributed by atoms with Gasteiger partial charge in [-0.1, -0.05) is 63.2 Å². The van der Waals surface area contributed by atoms with Crippen molar-refractivity contribution >= 4 is 17.7 Å². The molecule has 3 heteroatoms. The second-order valence-corrected chi connectivity index (χ2v) is 7.69. The molecule has 0 bridgehead atoms. The number of nitrogens with two attached hydrogens (primary N) is 1. The van der Waals surface area contributed by atoms with E-state index < -0.39 is 0 Å². The van der Waals surface area contributed by atoms with Crippen LogP contribution < -0.4 is 5.73 Å². The average molecular weight is 313 g/mol. The van der Waals surface area contributed by atoms with Crippen LogP contribution in [-0.4, -0.2) is 5.91 Å². The predicted molar refractivity (Wildman–Crippen MR) is 94.1 cm³/mol. The molecule has 2 N–H and O–H groups in total. The fourth-order valence-corrected chi connectivity index (χ4v) is 3.35. The SMILES string of the molecule is Cc1ccc(C(C)(C)C)cc1S[C@H](C(N)=O)c1ccccc1. The molecular weight excluding hydrogens is 290 g/mol. The summed E-state index contributed by atoms with van der Waals surface area (Å²) in [6.07, 6.45) is 0. The van der Waals surface area contributed by atoms with Gasteiger partial charge < -0.3 is 5.73 Å². The van der Waals surface area contributed by atoms with Crippen molar-refractivity contribution in [1.82, 2.24) is 0 Å². The first-order valence-corrected chi connectivity index (χ1v) is 8.29. The Morgan fingerprint density at radius 3 is 2.27 bits per heavy atom. The molecule has 1 atom stereocenters. The van der Waals surface area contributed by atoms with Crippen LogP contribution >= 0.6 is 11.8 Å². The molecule has 0 saturated carbocycles. The van der Waals surface area contributed by atoms with Gasteiger partial charge in [-0.15, -0.1) is 11.8 Å². The standard InChI is InChI=1S/C19H23NOS/c1-13-10-11-15(19(2,3)4)12-16(13)22-17(18(20)21)14-8-6-5-7-9-14/h5-12,17H,1-4H3,(H2,20,21)/t17-/m0/s1. The Labute approximate surface area is 137 Å². The minimum Gasteiger partial charge on any atom is -0.368 e. The van der Waals surface area contributed by atoms with Crippen molar-refractivity contribution in [3.63, 3.8) is 0 Å². The largest absolute Gasteiger partial charge is 0.368 e. The highest BCUT2D eigenvalue weighted by atomic mass is 32.2. The number of carbonyl (C=O) groups is 1. The van der Waals surface area contributed by atoms with E-state index in [4.69, 9.17) is 5.73 Å². The molecule has 2 nitrogen and oxygen atoms in total. The van der Waals surface area contributed by atoms with Gasteiger partial charge in [-0.3, -0.25) is 4.79 Å². The minimum atomic E-state index is -0.366. The van der Waals surface area contributed by atoms with E-state index in [1.165, 1.54) is 22.9 Å². The van der Waals surface area contributed by atoms with Crippen LogP contribution in [0.5, 0.6) is 0 Å². The van der Waals surface area contributed by atoms with E-state index in [2.05, 4.69) is 45.9 Å². The van der Waals surface area contributed by atoms with Gasteiger partial charge in [-0.25, -0.2) is 0 Å². The molecule has 2 aromatic rings. The maximum Gasteiger partial charge on any atom is 0.235 e. The molecule has 0 aliphatic carbocycles. The molecule has 0 spiro atoms. The van der Waals surface area contributed by atoms with E-state index in [-0.39, 0.29) is 16.6 Å². The normalized spacial score (nSPS) is 12.9. The molecule has 0 saturated heterocycles. The van der Waals surface area contributed by atoms with Crippen LogP contribution in [0.15, 0.2) is 53.4 Å². The highest BCUT2D eigenvalue weighted by molar-refractivity contribution is 8.00. The lowest BCUT2D eigenvalue weighted by Gasteiger charge is -2.22. The third-order valence-corrected chi connectivity index (χ3v) is 5.09. The second-order valence-electron chi connectivity index (χ2n) is 6.54. The van der Waals surface area contributed by atoms with Gasteiger partial charge in [-0.05, 0) is 35.1 Å². The minimum absolute atomic E-state index is 0.0813. The fourth-order valence-electron chi connectivity index (χ4n) is 2.24. The molecule has 0 heterocycles. The summed E-state index contributed by atoms with van der Waals surface area (Å²) >= 11 is 1.53. The molecule has 22 heavy (non-hydrogen) atoms. The number of carbonyl (C=O) groups excluding carboxylic acids is 1. The maximum absolute atomic E-state index is 11.9. The van der Waals surface area contributed by atoms with Crippen molar-refractivity contribution in [2.24, 2.45) is 5.73 Å². The average Bonchev–Trinajstić information content (AvgIpc) is 2.45. The van der Waals surface area contributed by atoms with Crippen molar-refractivity contribution in [1.29, 1.82) is 0 Å². The summed E-state index contributed by atoms with van der Waals surface area (Å²) in [6, 6.07) is 16.2. The molecule has 0 fully saturated rings. The number of hydrogen-bond acceptors (Lipinski definition) is 2. The van der Waals surface area contributed by atoms with Crippen LogP contribution in [0, 0.1) is 6.92 Å². The van der Waals surface area contributed by atoms with Gasteiger partial charge in [0.25, 0.3) is 0 Å². The van der Waals surface area contributed by atoms with Crippen molar-refractivity contribution in [3.05, 3.63) is 65.2 Å². The van der Waals surface area contributed by atoms with E-state index in [1.807, 2.05) is 30.3 Å². The number of benzene rings is 2. The predicted octanol–water partition coefficient (Wildman–Crippen LogP) is 4.61. The van der Waals surface area contributed by atoms with Gasteiger partial charge in [0.1, 0.15) is 5.25 Å². The Kier molecular flexibility index (Phi) is 4.97. The zero-order valence-corrected chi connectivity index (χ0v) is 14.4. The lowest BCUT2D eigenvalue weighted by atomic mass is 9.87. The summed E-state index contributed by atoms with van der Waals surface area (Å²) in [7, 11) is 0. The zero-order valence-electron chi connectivity index (χ0n) is 13.6. The van der Waals surface area contributed by atoms with E-state index in [9.17, 15) is 4.79 Å². The first-order chi connectivity index (χ1) is 10.3. The number of primary amides is 1. The first-order valence-electron chi connectivity index (χ1n) is 7.41. The Balaban J connectivity index is 2.37. The van der Waals surface area contributed by atoms with Crippen molar-refractivity contribution in [2.45, 2.75) is 43.3 Å². The van der Waals surface area contributed by atoms with Gasteiger partial charge in [0.05, 0.1) is 0 Å². The molecule has 0 radical (unpaired) electrons. The third kappa shape index (κ3) is 3.92. The Hall–Kier alpha value is -1.74. The summed E-state index contributed by atoms with van der Waals surface area (Å²) in [4.78, 5) is 13.0. The van der Waals surface area contributed by atoms with E-state index in [0.29, 0.717) is 0 Å². The van der Waals surface area contributed by atoms with Crippen LogP contribution in [-0.2, 0) is 10.2 Å². The van der Waals surface area contributed by atoms with Crippen LogP contribution in [0.4, 0.5) is 0 Å². The smallest absolute Gasteiger partial charge is 0.235 e. The van der Waals surface area contributed by atoms with Gasteiger partial charge in [0, 0.05) is 4.90 Å². The van der Waals surface area contributed by atoms with Crippen LogP contribution in [0.2, 0.25) is 0 Å². The second kappa shape index (κ2) is 6.57. The van der Waals surface area contributed by atoms with Crippen LogP contribution in [0.3, 0.4) is 0 Å². The molecule has 1 amide bonds. The number of aryl methyl sites for hydroxylation is 1.